The van der Waals surface area contributed by atoms with Gasteiger partial charge < -0.3 is 5.32 Å². The van der Waals surface area contributed by atoms with Crippen molar-refractivity contribution in [1.29, 1.82) is 0 Å². The van der Waals surface area contributed by atoms with Crippen LogP contribution in [0.5, 0.6) is 0 Å². The van der Waals surface area contributed by atoms with Crippen molar-refractivity contribution in [2.45, 2.75) is 26.6 Å². The first-order valence-corrected chi connectivity index (χ1v) is 6.08. The maximum Gasteiger partial charge on any atom is 0.417 e. The fourth-order valence-corrected chi connectivity index (χ4v) is 2.01. The molecule has 0 spiro atoms. The minimum atomic E-state index is -4.38. The van der Waals surface area contributed by atoms with E-state index in [-0.39, 0.29) is 0 Å². The van der Waals surface area contributed by atoms with E-state index in [1.165, 1.54) is 6.07 Å². The zero-order chi connectivity index (χ0) is 14.9. The average molecular weight is 284 g/mol. The SMILES string of the molecule is CNCc1c(C)nn(-c2ccc(C(F)(F)F)cn2)c1C. The summed E-state index contributed by atoms with van der Waals surface area (Å²) >= 11 is 0. The van der Waals surface area contributed by atoms with E-state index in [1.807, 2.05) is 20.9 Å². The standard InChI is InChI=1S/C13H15F3N4/c1-8-11(7-17-3)9(2)20(19-8)12-5-4-10(6-18-12)13(14,15)16/h4-6,17H,7H2,1-3H3. The fourth-order valence-electron chi connectivity index (χ4n) is 2.01. The van der Waals surface area contributed by atoms with E-state index in [4.69, 9.17) is 0 Å². The Hall–Kier alpha value is -1.89. The van der Waals surface area contributed by atoms with Crippen LogP contribution in [0.1, 0.15) is 22.5 Å². The lowest BCUT2D eigenvalue weighted by Gasteiger charge is -2.08. The zero-order valence-electron chi connectivity index (χ0n) is 11.4. The van der Waals surface area contributed by atoms with Crippen LogP contribution in [0.2, 0.25) is 0 Å². The van der Waals surface area contributed by atoms with Crippen LogP contribution in [0.15, 0.2) is 18.3 Å². The van der Waals surface area contributed by atoms with Gasteiger partial charge in [0, 0.05) is 24.0 Å². The average Bonchev–Trinajstić information content (AvgIpc) is 2.66. The maximum atomic E-state index is 12.5. The minimum Gasteiger partial charge on any atom is -0.316 e. The molecule has 2 heterocycles. The van der Waals surface area contributed by atoms with Crippen LogP contribution >= 0.6 is 0 Å². The molecule has 0 bridgehead atoms. The molecule has 1 N–H and O–H groups in total. The van der Waals surface area contributed by atoms with Crippen LogP contribution in [-0.2, 0) is 12.7 Å². The van der Waals surface area contributed by atoms with E-state index in [2.05, 4.69) is 15.4 Å². The van der Waals surface area contributed by atoms with Gasteiger partial charge in [-0.15, -0.1) is 0 Å². The number of alkyl halides is 3. The van der Waals surface area contributed by atoms with Crippen LogP contribution < -0.4 is 5.32 Å². The molecule has 0 saturated heterocycles. The van der Waals surface area contributed by atoms with Crippen LogP contribution in [0.4, 0.5) is 13.2 Å². The molecule has 20 heavy (non-hydrogen) atoms. The summed E-state index contributed by atoms with van der Waals surface area (Å²) in [7, 11) is 1.83. The molecule has 2 aromatic heterocycles. The van der Waals surface area contributed by atoms with Crippen LogP contribution in [0, 0.1) is 13.8 Å². The second-order valence-corrected chi connectivity index (χ2v) is 4.49. The van der Waals surface area contributed by atoms with Crippen molar-refractivity contribution in [2.24, 2.45) is 0 Å². The molecular formula is C13H15F3N4. The predicted molar refractivity (Wildman–Crippen MR) is 68.6 cm³/mol. The Morgan fingerprint density at radius 3 is 2.45 bits per heavy atom. The first kappa shape index (κ1) is 14.5. The van der Waals surface area contributed by atoms with Gasteiger partial charge in [0.05, 0.1) is 11.3 Å². The third kappa shape index (κ3) is 2.67. The molecule has 0 unspecified atom stereocenters. The Morgan fingerprint density at radius 1 is 1.25 bits per heavy atom. The molecule has 108 valence electrons. The molecule has 2 aromatic rings. The van der Waals surface area contributed by atoms with Gasteiger partial charge in [0.2, 0.25) is 0 Å². The van der Waals surface area contributed by atoms with E-state index in [9.17, 15) is 13.2 Å². The number of hydrogen-bond donors (Lipinski definition) is 1. The number of nitrogens with zero attached hydrogens (tertiary/aromatic N) is 3. The summed E-state index contributed by atoms with van der Waals surface area (Å²) in [6.45, 7) is 4.38. The molecule has 0 aliphatic rings. The summed E-state index contributed by atoms with van der Waals surface area (Å²) in [5.41, 5.74) is 1.95. The van der Waals surface area contributed by atoms with Gasteiger partial charge in [0.25, 0.3) is 0 Å². The number of rotatable bonds is 3. The lowest BCUT2D eigenvalue weighted by molar-refractivity contribution is -0.137. The highest BCUT2D eigenvalue weighted by molar-refractivity contribution is 5.33. The number of aromatic nitrogens is 3. The molecule has 0 amide bonds. The Kier molecular flexibility index (Phi) is 3.80. The number of pyridine rings is 1. The lowest BCUT2D eigenvalue weighted by Crippen LogP contribution is -2.09. The summed E-state index contributed by atoms with van der Waals surface area (Å²) in [5.74, 6) is 0.376. The second kappa shape index (κ2) is 5.24. The summed E-state index contributed by atoms with van der Waals surface area (Å²) in [4.78, 5) is 3.85. The van der Waals surface area contributed by atoms with Gasteiger partial charge >= 0.3 is 6.18 Å². The van der Waals surface area contributed by atoms with E-state index in [0.29, 0.717) is 12.4 Å². The Bertz CT molecular complexity index is 599. The highest BCUT2D eigenvalue weighted by Gasteiger charge is 2.30. The first-order valence-electron chi connectivity index (χ1n) is 6.08. The molecular weight excluding hydrogens is 269 g/mol. The quantitative estimate of drug-likeness (QED) is 0.942. The number of hydrogen-bond acceptors (Lipinski definition) is 3. The molecule has 0 fully saturated rings. The van der Waals surface area contributed by atoms with Gasteiger partial charge in [-0.1, -0.05) is 0 Å². The lowest BCUT2D eigenvalue weighted by atomic mass is 10.2. The van der Waals surface area contributed by atoms with Gasteiger partial charge in [-0.2, -0.15) is 18.3 Å². The molecule has 0 aromatic carbocycles. The highest BCUT2D eigenvalue weighted by Crippen LogP contribution is 2.29. The Morgan fingerprint density at radius 2 is 1.95 bits per heavy atom. The van der Waals surface area contributed by atoms with Crippen molar-refractivity contribution in [3.8, 4) is 5.82 Å². The zero-order valence-corrected chi connectivity index (χ0v) is 11.4. The topological polar surface area (TPSA) is 42.7 Å². The summed E-state index contributed by atoms with van der Waals surface area (Å²) in [5, 5.41) is 7.36. The van der Waals surface area contributed by atoms with E-state index < -0.39 is 11.7 Å². The van der Waals surface area contributed by atoms with Crippen molar-refractivity contribution < 1.29 is 13.2 Å². The third-order valence-electron chi connectivity index (χ3n) is 3.09. The van der Waals surface area contributed by atoms with Gasteiger partial charge in [0.1, 0.15) is 0 Å². The molecule has 0 atom stereocenters. The van der Waals surface area contributed by atoms with E-state index in [0.717, 1.165) is 29.2 Å². The predicted octanol–water partition coefficient (Wildman–Crippen LogP) is 2.62. The summed E-state index contributed by atoms with van der Waals surface area (Å²) < 4.78 is 39.1. The number of aryl methyl sites for hydroxylation is 1. The van der Waals surface area contributed by atoms with Crippen LogP contribution in [-0.4, -0.2) is 21.8 Å². The molecule has 2 rings (SSSR count). The van der Waals surface area contributed by atoms with Crippen molar-refractivity contribution in [2.75, 3.05) is 7.05 Å². The Balaban J connectivity index is 2.40. The van der Waals surface area contributed by atoms with Crippen molar-refractivity contribution >= 4 is 0 Å². The van der Waals surface area contributed by atoms with Gasteiger partial charge in [-0.3, -0.25) is 0 Å². The maximum absolute atomic E-state index is 12.5. The molecule has 0 radical (unpaired) electrons. The molecule has 0 aliphatic heterocycles. The van der Waals surface area contributed by atoms with Crippen LogP contribution in [0.25, 0.3) is 5.82 Å². The first-order chi connectivity index (χ1) is 9.34. The smallest absolute Gasteiger partial charge is 0.316 e. The molecule has 7 heteroatoms. The van der Waals surface area contributed by atoms with Crippen LogP contribution in [0.3, 0.4) is 0 Å². The second-order valence-electron chi connectivity index (χ2n) is 4.49. The molecule has 4 nitrogen and oxygen atoms in total. The van der Waals surface area contributed by atoms with Gasteiger partial charge in [-0.05, 0) is 33.0 Å². The largest absolute Gasteiger partial charge is 0.417 e. The van der Waals surface area contributed by atoms with E-state index >= 15 is 0 Å². The number of nitrogens with one attached hydrogen (secondary N) is 1. The normalized spacial score (nSPS) is 11.9. The summed E-state index contributed by atoms with van der Waals surface area (Å²) in [6, 6.07) is 2.34. The monoisotopic (exact) mass is 284 g/mol. The summed E-state index contributed by atoms with van der Waals surface area (Å²) in [6.07, 6.45) is -3.55. The van der Waals surface area contributed by atoms with Crippen molar-refractivity contribution in [3.05, 3.63) is 40.8 Å². The van der Waals surface area contributed by atoms with Gasteiger partial charge in [-0.25, -0.2) is 9.67 Å². The minimum absolute atomic E-state index is 0.376. The Labute approximate surface area is 114 Å². The van der Waals surface area contributed by atoms with Crippen molar-refractivity contribution in [1.82, 2.24) is 20.1 Å². The van der Waals surface area contributed by atoms with Gasteiger partial charge in [0.15, 0.2) is 5.82 Å². The number of halogens is 3. The fraction of sp³-hybridized carbons (Fsp3) is 0.385. The third-order valence-corrected chi connectivity index (χ3v) is 3.09. The van der Waals surface area contributed by atoms with Crippen molar-refractivity contribution in [3.63, 3.8) is 0 Å². The molecule has 0 saturated carbocycles. The highest BCUT2D eigenvalue weighted by atomic mass is 19.4. The van der Waals surface area contributed by atoms with E-state index in [1.54, 1.807) is 4.68 Å². The molecule has 0 aliphatic carbocycles.